The van der Waals surface area contributed by atoms with Crippen LogP contribution in [-0.2, 0) is 4.79 Å². The van der Waals surface area contributed by atoms with Crippen molar-refractivity contribution in [3.8, 4) is 17.2 Å². The molecule has 0 atom stereocenters. The molecule has 0 aromatic carbocycles. The lowest BCUT2D eigenvalue weighted by molar-refractivity contribution is -0.120. The molecule has 0 saturated heterocycles. The molecule has 0 N–H and O–H groups in total. The lowest BCUT2D eigenvalue weighted by Crippen LogP contribution is -2.11. The Hall–Kier alpha value is -1.62. The maximum Gasteiger partial charge on any atom is 0.133 e. The fourth-order valence-electron chi connectivity index (χ4n) is 1.73. The first-order valence-corrected chi connectivity index (χ1v) is 5.31. The summed E-state index contributed by atoms with van der Waals surface area (Å²) >= 11 is 0. The first-order valence-electron chi connectivity index (χ1n) is 5.31. The lowest BCUT2D eigenvalue weighted by atomic mass is 9.90. The number of ketones is 1. The van der Waals surface area contributed by atoms with Crippen molar-refractivity contribution in [1.82, 2.24) is 0 Å². The summed E-state index contributed by atoms with van der Waals surface area (Å²) in [5.74, 6) is 0.476. The molecule has 0 bridgehead atoms. The Morgan fingerprint density at radius 1 is 1.07 bits per heavy atom. The number of benzene rings is 1. The second-order valence-electron chi connectivity index (χ2n) is 4.02. The van der Waals surface area contributed by atoms with E-state index in [1.54, 1.807) is 0 Å². The summed E-state index contributed by atoms with van der Waals surface area (Å²) in [6, 6.07) is 10.7. The third-order valence-electron chi connectivity index (χ3n) is 2.94. The van der Waals surface area contributed by atoms with Gasteiger partial charge in [0, 0.05) is 18.8 Å². The van der Waals surface area contributed by atoms with Crippen LogP contribution in [0.15, 0.2) is 24.3 Å². The van der Waals surface area contributed by atoms with Gasteiger partial charge in [0.1, 0.15) is 5.78 Å². The highest BCUT2D eigenvalue weighted by molar-refractivity contribution is 5.79. The molecule has 0 spiro atoms. The van der Waals surface area contributed by atoms with Crippen LogP contribution in [0.5, 0.6) is 0 Å². The Kier molecular flexibility index (Phi) is 2.82. The summed E-state index contributed by atoms with van der Waals surface area (Å²) in [5, 5.41) is 8.42. The Morgan fingerprint density at radius 2 is 1.53 bits per heavy atom. The van der Waals surface area contributed by atoms with Gasteiger partial charge in [-0.25, -0.2) is 0 Å². The van der Waals surface area contributed by atoms with E-state index in [9.17, 15) is 4.79 Å². The average molecular weight is 199 g/mol. The molecule has 1 saturated carbocycles. The van der Waals surface area contributed by atoms with E-state index in [0.717, 1.165) is 12.8 Å². The van der Waals surface area contributed by atoms with Crippen LogP contribution in [0.2, 0.25) is 0 Å². The zero-order valence-electron chi connectivity index (χ0n) is 8.57. The van der Waals surface area contributed by atoms with E-state index < -0.39 is 0 Å². The second kappa shape index (κ2) is 4.27. The summed E-state index contributed by atoms with van der Waals surface area (Å²) in [6.45, 7) is 0. The Balaban J connectivity index is 0.000000121. The summed E-state index contributed by atoms with van der Waals surface area (Å²) < 4.78 is 0. The molecule has 3 rings (SSSR count). The van der Waals surface area contributed by atoms with Crippen LogP contribution in [0.1, 0.15) is 25.7 Å². The number of hydrogen-bond acceptors (Lipinski definition) is 2. The van der Waals surface area contributed by atoms with Gasteiger partial charge < -0.3 is 0 Å². The Bertz CT molecular complexity index is 369. The molecule has 1 fully saturated rings. The molecule has 0 heterocycles. The van der Waals surface area contributed by atoms with Gasteiger partial charge >= 0.3 is 0 Å². The van der Waals surface area contributed by atoms with Gasteiger partial charge in [0.2, 0.25) is 0 Å². The standard InChI is InChI=1S/C7H9NO.C6H4/c8-5-6-1-3-7(9)4-2-6;1-2-6-4-3-5(1)6/h6H,1-4H2;1-4H. The fraction of sp³-hybridized carbons (Fsp3) is 0.385. The van der Waals surface area contributed by atoms with Crippen LogP contribution in [0.3, 0.4) is 0 Å². The fourth-order valence-corrected chi connectivity index (χ4v) is 1.73. The van der Waals surface area contributed by atoms with Gasteiger partial charge in [-0.1, -0.05) is 24.3 Å². The number of Topliss-reactive ketones (excluding diaryl/α,β-unsaturated/α-hetero) is 1. The predicted molar refractivity (Wildman–Crippen MR) is 58.0 cm³/mol. The van der Waals surface area contributed by atoms with Gasteiger partial charge in [0.25, 0.3) is 0 Å². The van der Waals surface area contributed by atoms with Crippen LogP contribution >= 0.6 is 0 Å². The zero-order chi connectivity index (χ0) is 10.7. The van der Waals surface area contributed by atoms with Gasteiger partial charge in [-0.2, -0.15) is 5.26 Å². The average Bonchev–Trinajstić information content (AvgIpc) is 2.25. The Labute approximate surface area is 89.5 Å². The molecule has 0 aromatic rings. The van der Waals surface area contributed by atoms with Crippen molar-refractivity contribution < 1.29 is 4.79 Å². The van der Waals surface area contributed by atoms with Gasteiger partial charge in [0.15, 0.2) is 0 Å². The number of carbonyl (C=O) groups excluding carboxylic acids is 1. The maximum atomic E-state index is 10.6. The quantitative estimate of drug-likeness (QED) is 0.654. The minimum Gasteiger partial charge on any atom is -0.300 e. The van der Waals surface area contributed by atoms with Crippen LogP contribution in [0.25, 0.3) is 11.1 Å². The molecule has 0 unspecified atom stereocenters. The molecule has 3 aliphatic rings. The van der Waals surface area contributed by atoms with Crippen molar-refractivity contribution in [2.75, 3.05) is 0 Å². The first kappa shape index (κ1) is 9.92. The summed E-state index contributed by atoms with van der Waals surface area (Å²) in [6.07, 6.45) is 2.82. The van der Waals surface area contributed by atoms with E-state index in [4.69, 9.17) is 5.26 Å². The van der Waals surface area contributed by atoms with Gasteiger partial charge in [0.05, 0.1) is 6.07 Å². The van der Waals surface area contributed by atoms with E-state index in [1.807, 2.05) is 0 Å². The van der Waals surface area contributed by atoms with E-state index in [2.05, 4.69) is 30.3 Å². The molecular formula is C13H13NO. The monoisotopic (exact) mass is 199 g/mol. The molecule has 76 valence electrons. The molecule has 0 aliphatic heterocycles. The van der Waals surface area contributed by atoms with Crippen LogP contribution < -0.4 is 0 Å². The zero-order valence-corrected chi connectivity index (χ0v) is 8.57. The number of carbonyl (C=O) groups is 1. The molecule has 3 aliphatic carbocycles. The third-order valence-corrected chi connectivity index (χ3v) is 2.94. The summed E-state index contributed by atoms with van der Waals surface area (Å²) in [7, 11) is 0. The molecule has 0 amide bonds. The van der Waals surface area contributed by atoms with Crippen molar-refractivity contribution in [2.45, 2.75) is 25.7 Å². The molecular weight excluding hydrogens is 186 g/mol. The van der Waals surface area contributed by atoms with Crippen LogP contribution in [0.4, 0.5) is 0 Å². The number of fused-ring (bicyclic) bond motifs is 1. The second-order valence-corrected chi connectivity index (χ2v) is 4.02. The van der Waals surface area contributed by atoms with E-state index in [1.165, 1.54) is 11.1 Å². The van der Waals surface area contributed by atoms with Gasteiger partial charge in [-0.15, -0.1) is 0 Å². The van der Waals surface area contributed by atoms with Gasteiger partial charge in [-0.3, -0.25) is 4.79 Å². The Morgan fingerprint density at radius 3 is 1.80 bits per heavy atom. The summed E-state index contributed by atoms with van der Waals surface area (Å²) in [5.41, 5.74) is 2.85. The van der Waals surface area contributed by atoms with Crippen molar-refractivity contribution in [3.05, 3.63) is 24.3 Å². The van der Waals surface area contributed by atoms with Crippen LogP contribution in [0, 0.1) is 17.2 Å². The number of rotatable bonds is 0. The van der Waals surface area contributed by atoms with Crippen molar-refractivity contribution in [1.29, 1.82) is 5.26 Å². The number of nitriles is 1. The van der Waals surface area contributed by atoms with E-state index >= 15 is 0 Å². The highest BCUT2D eigenvalue weighted by Gasteiger charge is 2.17. The molecule has 2 nitrogen and oxygen atoms in total. The minimum atomic E-state index is 0.155. The molecule has 15 heavy (non-hydrogen) atoms. The number of hydrogen-bond donors (Lipinski definition) is 0. The normalized spacial score (nSPS) is 17.4. The van der Waals surface area contributed by atoms with Crippen molar-refractivity contribution in [3.63, 3.8) is 0 Å². The smallest absolute Gasteiger partial charge is 0.133 e. The topological polar surface area (TPSA) is 40.9 Å². The van der Waals surface area contributed by atoms with Gasteiger partial charge in [-0.05, 0) is 24.0 Å². The molecule has 0 aromatic heterocycles. The van der Waals surface area contributed by atoms with E-state index in [-0.39, 0.29) is 5.92 Å². The van der Waals surface area contributed by atoms with Crippen molar-refractivity contribution >= 4 is 5.78 Å². The molecule has 0 radical (unpaired) electrons. The van der Waals surface area contributed by atoms with Crippen LogP contribution in [-0.4, -0.2) is 5.78 Å². The highest BCUT2D eigenvalue weighted by atomic mass is 16.1. The SMILES string of the molecule is N#CC1CCC(=O)CC1.c1cc2ccc1-2. The first-order chi connectivity index (χ1) is 7.29. The third kappa shape index (κ3) is 2.24. The highest BCUT2D eigenvalue weighted by Crippen LogP contribution is 2.29. The molecule has 2 heteroatoms. The maximum absolute atomic E-state index is 10.6. The summed E-state index contributed by atoms with van der Waals surface area (Å²) in [4.78, 5) is 10.6. The predicted octanol–water partition coefficient (Wildman–Crippen LogP) is 2.94. The van der Waals surface area contributed by atoms with Crippen molar-refractivity contribution in [2.24, 2.45) is 5.92 Å². The lowest BCUT2D eigenvalue weighted by Gasteiger charge is -2.12. The minimum absolute atomic E-state index is 0.155. The largest absolute Gasteiger partial charge is 0.300 e. The number of nitrogens with zero attached hydrogens (tertiary/aromatic N) is 1. The van der Waals surface area contributed by atoms with E-state index in [0.29, 0.717) is 18.6 Å².